The van der Waals surface area contributed by atoms with Crippen LogP contribution in [0.25, 0.3) is 22.4 Å². The lowest BCUT2D eigenvalue weighted by atomic mass is 9.94. The summed E-state index contributed by atoms with van der Waals surface area (Å²) in [4.78, 5) is 33.7. The summed E-state index contributed by atoms with van der Waals surface area (Å²) < 4.78 is 0. The first-order chi connectivity index (χ1) is 17.5. The van der Waals surface area contributed by atoms with Crippen molar-refractivity contribution in [1.82, 2.24) is 15.3 Å². The van der Waals surface area contributed by atoms with Crippen molar-refractivity contribution in [3.8, 4) is 11.4 Å². The number of aromatic nitrogens is 2. The lowest BCUT2D eigenvalue weighted by Crippen LogP contribution is -2.38. The molecule has 2 aromatic carbocycles. The van der Waals surface area contributed by atoms with Gasteiger partial charge in [-0.1, -0.05) is 44.7 Å². The number of H-pyrrole nitrogens is 1. The van der Waals surface area contributed by atoms with E-state index in [1.54, 1.807) is 0 Å². The molecule has 6 heteroatoms. The van der Waals surface area contributed by atoms with E-state index in [2.05, 4.69) is 22.5 Å². The van der Waals surface area contributed by atoms with Crippen LogP contribution in [-0.2, 0) is 4.79 Å². The molecule has 0 spiro atoms. The Labute approximate surface area is 212 Å². The number of anilines is 1. The standard InChI is InChI=1S/C30H36N4O2/c1-18-22-12-14-24(18)26(16-22)34-30(36)21-10-8-19(9-11-21)28-32-25-15-13-23(17-27(25)33-28)31-29(35)20-6-4-2-3-5-7-20/h8-11,13,15,17-18,20,22,24,26H,2-7,12,14,16H2,1H3,(H,31,35)(H,32,33)(H,34,36)/t18-,22?,24?,26?/m1/s1. The number of hydrogen-bond donors (Lipinski definition) is 3. The van der Waals surface area contributed by atoms with Crippen molar-refractivity contribution in [2.45, 2.75) is 70.8 Å². The minimum absolute atomic E-state index is 0.0185. The zero-order valence-electron chi connectivity index (χ0n) is 21.1. The fraction of sp³-hybridized carbons (Fsp3) is 0.500. The van der Waals surface area contributed by atoms with Crippen molar-refractivity contribution >= 4 is 28.5 Å². The average molecular weight is 485 g/mol. The molecular formula is C30H36N4O2. The molecular weight excluding hydrogens is 448 g/mol. The van der Waals surface area contributed by atoms with E-state index in [1.165, 1.54) is 25.7 Å². The highest BCUT2D eigenvalue weighted by Crippen LogP contribution is 2.49. The highest BCUT2D eigenvalue weighted by molar-refractivity contribution is 5.96. The zero-order chi connectivity index (χ0) is 24.6. The summed E-state index contributed by atoms with van der Waals surface area (Å²) in [5.74, 6) is 3.16. The van der Waals surface area contributed by atoms with E-state index in [1.807, 2.05) is 42.5 Å². The minimum Gasteiger partial charge on any atom is -0.349 e. The Bertz CT molecular complexity index is 1260. The average Bonchev–Trinajstić information content (AvgIpc) is 3.46. The molecule has 3 unspecified atom stereocenters. The maximum Gasteiger partial charge on any atom is 0.251 e. The van der Waals surface area contributed by atoms with Gasteiger partial charge in [0.25, 0.3) is 5.91 Å². The van der Waals surface area contributed by atoms with E-state index in [-0.39, 0.29) is 17.7 Å². The van der Waals surface area contributed by atoms with Gasteiger partial charge in [0.05, 0.1) is 11.0 Å². The van der Waals surface area contributed by atoms with E-state index in [0.29, 0.717) is 17.5 Å². The molecule has 6 nitrogen and oxygen atoms in total. The molecule has 1 aromatic heterocycles. The van der Waals surface area contributed by atoms with Gasteiger partial charge in [0.15, 0.2) is 0 Å². The van der Waals surface area contributed by atoms with Crippen molar-refractivity contribution in [2.75, 3.05) is 5.32 Å². The predicted octanol–water partition coefficient (Wildman–Crippen LogP) is 6.30. The summed E-state index contributed by atoms with van der Waals surface area (Å²) >= 11 is 0. The van der Waals surface area contributed by atoms with Gasteiger partial charge in [-0.2, -0.15) is 0 Å². The number of imidazole rings is 1. The quantitative estimate of drug-likeness (QED) is 0.371. The van der Waals surface area contributed by atoms with Crippen LogP contribution < -0.4 is 10.6 Å². The fourth-order valence-corrected chi connectivity index (χ4v) is 6.89. The number of nitrogens with zero attached hydrogens (tertiary/aromatic N) is 1. The Morgan fingerprint density at radius 3 is 2.42 bits per heavy atom. The number of carbonyl (C=O) groups is 2. The summed E-state index contributed by atoms with van der Waals surface area (Å²) in [7, 11) is 0. The molecule has 3 N–H and O–H groups in total. The SMILES string of the molecule is C[C@@H]1C2CCC1C(NC(=O)c1ccc(-c3nc4ccc(NC(=O)C5CCCCCC5)cc4[nH]3)cc1)C2. The Kier molecular flexibility index (Phi) is 6.28. The molecule has 0 radical (unpaired) electrons. The molecule has 0 aliphatic heterocycles. The van der Waals surface area contributed by atoms with Crippen LogP contribution in [0.2, 0.25) is 0 Å². The first-order valence-corrected chi connectivity index (χ1v) is 13.8. The second-order valence-corrected chi connectivity index (χ2v) is 11.2. The topological polar surface area (TPSA) is 86.9 Å². The van der Waals surface area contributed by atoms with Gasteiger partial charge in [-0.3, -0.25) is 9.59 Å². The number of fused-ring (bicyclic) bond motifs is 3. The fourth-order valence-electron chi connectivity index (χ4n) is 6.89. The molecule has 1 heterocycles. The van der Waals surface area contributed by atoms with Gasteiger partial charge < -0.3 is 15.6 Å². The zero-order valence-corrected chi connectivity index (χ0v) is 21.1. The summed E-state index contributed by atoms with van der Waals surface area (Å²) in [5, 5.41) is 6.40. The van der Waals surface area contributed by atoms with Crippen molar-refractivity contribution in [3.05, 3.63) is 48.0 Å². The Hall–Kier alpha value is -3.15. The highest BCUT2D eigenvalue weighted by Gasteiger charge is 2.45. The normalized spacial score (nSPS) is 26.1. The molecule has 3 aromatic rings. The number of rotatable bonds is 5. The lowest BCUT2D eigenvalue weighted by Gasteiger charge is -2.23. The van der Waals surface area contributed by atoms with E-state index in [0.717, 1.165) is 72.0 Å². The van der Waals surface area contributed by atoms with Gasteiger partial charge in [-0.05, 0) is 80.2 Å². The number of nitrogens with one attached hydrogen (secondary N) is 3. The summed E-state index contributed by atoms with van der Waals surface area (Å²) in [6.45, 7) is 2.34. The summed E-state index contributed by atoms with van der Waals surface area (Å²) in [5.41, 5.74) is 4.16. The van der Waals surface area contributed by atoms with Crippen molar-refractivity contribution < 1.29 is 9.59 Å². The number of amides is 2. The van der Waals surface area contributed by atoms with Crippen LogP contribution >= 0.6 is 0 Å². The third kappa shape index (κ3) is 4.54. The second kappa shape index (κ2) is 9.72. The summed E-state index contributed by atoms with van der Waals surface area (Å²) in [6, 6.07) is 13.8. The maximum absolute atomic E-state index is 12.9. The van der Waals surface area contributed by atoms with Gasteiger partial charge in [0, 0.05) is 28.8 Å². The van der Waals surface area contributed by atoms with Gasteiger partial charge in [-0.15, -0.1) is 0 Å². The Morgan fingerprint density at radius 2 is 1.72 bits per heavy atom. The molecule has 6 rings (SSSR count). The Morgan fingerprint density at radius 1 is 0.944 bits per heavy atom. The molecule has 2 bridgehead atoms. The van der Waals surface area contributed by atoms with Crippen LogP contribution in [-0.4, -0.2) is 27.8 Å². The molecule has 36 heavy (non-hydrogen) atoms. The van der Waals surface area contributed by atoms with E-state index < -0.39 is 0 Å². The van der Waals surface area contributed by atoms with Crippen LogP contribution in [0.15, 0.2) is 42.5 Å². The largest absolute Gasteiger partial charge is 0.349 e. The number of benzene rings is 2. The number of carbonyl (C=O) groups excluding carboxylic acids is 2. The first kappa shape index (κ1) is 23.3. The molecule has 4 atom stereocenters. The van der Waals surface area contributed by atoms with Crippen LogP contribution in [0.4, 0.5) is 5.69 Å². The predicted molar refractivity (Wildman–Crippen MR) is 143 cm³/mol. The second-order valence-electron chi connectivity index (χ2n) is 11.2. The molecule has 188 valence electrons. The monoisotopic (exact) mass is 484 g/mol. The third-order valence-corrected chi connectivity index (χ3v) is 9.08. The number of hydrogen-bond acceptors (Lipinski definition) is 3. The van der Waals surface area contributed by atoms with E-state index >= 15 is 0 Å². The van der Waals surface area contributed by atoms with Crippen molar-refractivity contribution in [1.29, 1.82) is 0 Å². The smallest absolute Gasteiger partial charge is 0.251 e. The van der Waals surface area contributed by atoms with Crippen LogP contribution in [0, 0.1) is 23.7 Å². The van der Waals surface area contributed by atoms with Crippen molar-refractivity contribution in [2.24, 2.45) is 23.7 Å². The van der Waals surface area contributed by atoms with Crippen LogP contribution in [0.1, 0.15) is 75.1 Å². The molecule has 3 saturated carbocycles. The third-order valence-electron chi connectivity index (χ3n) is 9.08. The molecule has 3 fully saturated rings. The Balaban J connectivity index is 1.12. The molecule has 3 aliphatic carbocycles. The van der Waals surface area contributed by atoms with Gasteiger partial charge in [0.1, 0.15) is 5.82 Å². The van der Waals surface area contributed by atoms with Gasteiger partial charge >= 0.3 is 0 Å². The number of aromatic amines is 1. The maximum atomic E-state index is 12.9. The van der Waals surface area contributed by atoms with E-state index in [9.17, 15) is 9.59 Å². The highest BCUT2D eigenvalue weighted by atomic mass is 16.2. The molecule has 2 amide bonds. The van der Waals surface area contributed by atoms with Gasteiger partial charge in [0.2, 0.25) is 5.91 Å². The van der Waals surface area contributed by atoms with Gasteiger partial charge in [-0.25, -0.2) is 4.98 Å². The summed E-state index contributed by atoms with van der Waals surface area (Å²) in [6.07, 6.45) is 10.4. The molecule has 0 saturated heterocycles. The van der Waals surface area contributed by atoms with Crippen LogP contribution in [0.3, 0.4) is 0 Å². The molecule has 3 aliphatic rings. The first-order valence-electron chi connectivity index (χ1n) is 13.8. The van der Waals surface area contributed by atoms with Crippen molar-refractivity contribution in [3.63, 3.8) is 0 Å². The van der Waals surface area contributed by atoms with Crippen LogP contribution in [0.5, 0.6) is 0 Å². The lowest BCUT2D eigenvalue weighted by molar-refractivity contribution is -0.120. The minimum atomic E-state index is 0.0185. The van der Waals surface area contributed by atoms with E-state index in [4.69, 9.17) is 4.98 Å².